The van der Waals surface area contributed by atoms with Crippen molar-refractivity contribution in [3.8, 4) is 0 Å². The highest BCUT2D eigenvalue weighted by atomic mass is 35.5. The van der Waals surface area contributed by atoms with Gasteiger partial charge in [0.25, 0.3) is 0 Å². The van der Waals surface area contributed by atoms with Crippen molar-refractivity contribution >= 4 is 28.8 Å². The van der Waals surface area contributed by atoms with Gasteiger partial charge in [0.05, 0.1) is 17.3 Å². The topological polar surface area (TPSA) is 37.8 Å². The van der Waals surface area contributed by atoms with Crippen molar-refractivity contribution in [1.82, 2.24) is 9.59 Å². The quantitative estimate of drug-likeness (QED) is 0.901. The van der Waals surface area contributed by atoms with Crippen LogP contribution in [0, 0.1) is 5.82 Å². The number of nitrogens with zero attached hydrogens (tertiary/aromatic N) is 2. The van der Waals surface area contributed by atoms with Crippen LogP contribution < -0.4 is 5.32 Å². The number of benzene rings is 1. The van der Waals surface area contributed by atoms with Crippen molar-refractivity contribution < 1.29 is 4.39 Å². The van der Waals surface area contributed by atoms with Gasteiger partial charge in [0.2, 0.25) is 0 Å². The van der Waals surface area contributed by atoms with E-state index in [1.807, 2.05) is 5.38 Å². The van der Waals surface area contributed by atoms with Crippen LogP contribution in [0.2, 0.25) is 5.02 Å². The van der Waals surface area contributed by atoms with E-state index in [1.54, 1.807) is 6.07 Å². The average molecular weight is 244 g/mol. The van der Waals surface area contributed by atoms with Crippen molar-refractivity contribution in [3.05, 3.63) is 40.1 Å². The number of rotatable bonds is 3. The van der Waals surface area contributed by atoms with Gasteiger partial charge >= 0.3 is 0 Å². The van der Waals surface area contributed by atoms with E-state index < -0.39 is 5.82 Å². The van der Waals surface area contributed by atoms with E-state index >= 15 is 0 Å². The van der Waals surface area contributed by atoms with Gasteiger partial charge in [0, 0.05) is 11.1 Å². The first kappa shape index (κ1) is 10.3. The normalized spacial score (nSPS) is 10.3. The fourth-order valence-corrected chi connectivity index (χ4v) is 1.63. The third kappa shape index (κ3) is 2.64. The standard InChI is InChI=1S/C9H7ClFN3S/c10-8-2-1-6(3-9(8)11)12-4-7-5-15-14-13-7/h1-3,5,12H,4H2. The molecule has 2 rings (SSSR count). The zero-order valence-electron chi connectivity index (χ0n) is 7.58. The van der Waals surface area contributed by atoms with Gasteiger partial charge < -0.3 is 5.32 Å². The van der Waals surface area contributed by atoms with Gasteiger partial charge in [-0.3, -0.25) is 0 Å². The Labute approximate surface area is 95.1 Å². The van der Waals surface area contributed by atoms with Crippen molar-refractivity contribution in [1.29, 1.82) is 0 Å². The number of hydrogen-bond donors (Lipinski definition) is 1. The molecule has 1 heterocycles. The van der Waals surface area contributed by atoms with Gasteiger partial charge in [-0.1, -0.05) is 16.1 Å². The molecule has 0 fully saturated rings. The molecule has 0 saturated carbocycles. The van der Waals surface area contributed by atoms with Crippen LogP contribution in [0.1, 0.15) is 5.69 Å². The minimum Gasteiger partial charge on any atom is -0.379 e. The lowest BCUT2D eigenvalue weighted by atomic mass is 10.3. The molecular weight excluding hydrogens is 237 g/mol. The highest BCUT2D eigenvalue weighted by Crippen LogP contribution is 2.18. The number of halogens is 2. The molecule has 0 aliphatic carbocycles. The molecule has 3 nitrogen and oxygen atoms in total. The number of hydrogen-bond acceptors (Lipinski definition) is 4. The molecule has 1 N–H and O–H groups in total. The molecule has 0 spiro atoms. The molecule has 0 aliphatic rings. The predicted octanol–water partition coefficient (Wildman–Crippen LogP) is 2.94. The Balaban J connectivity index is 2.02. The first-order valence-corrected chi connectivity index (χ1v) is 5.42. The van der Waals surface area contributed by atoms with E-state index in [0.717, 1.165) is 5.69 Å². The van der Waals surface area contributed by atoms with Gasteiger partial charge in [-0.2, -0.15) is 0 Å². The van der Waals surface area contributed by atoms with Crippen LogP contribution in [0.5, 0.6) is 0 Å². The molecule has 2 aromatic rings. The van der Waals surface area contributed by atoms with E-state index in [0.29, 0.717) is 12.2 Å². The van der Waals surface area contributed by atoms with Gasteiger partial charge in [0.15, 0.2) is 0 Å². The summed E-state index contributed by atoms with van der Waals surface area (Å²) in [5, 5.41) is 8.83. The van der Waals surface area contributed by atoms with Crippen LogP contribution in [0.4, 0.5) is 10.1 Å². The van der Waals surface area contributed by atoms with E-state index in [4.69, 9.17) is 11.6 Å². The number of aromatic nitrogens is 2. The molecule has 15 heavy (non-hydrogen) atoms. The van der Waals surface area contributed by atoms with Gasteiger partial charge in [-0.25, -0.2) is 4.39 Å². The zero-order valence-corrected chi connectivity index (χ0v) is 9.15. The molecule has 0 atom stereocenters. The van der Waals surface area contributed by atoms with Crippen LogP contribution in [0.25, 0.3) is 0 Å². The van der Waals surface area contributed by atoms with Crippen molar-refractivity contribution in [2.24, 2.45) is 0 Å². The van der Waals surface area contributed by atoms with E-state index in [1.165, 1.54) is 23.7 Å². The Morgan fingerprint density at radius 3 is 3.00 bits per heavy atom. The Morgan fingerprint density at radius 2 is 2.33 bits per heavy atom. The summed E-state index contributed by atoms with van der Waals surface area (Å²) in [6.45, 7) is 0.525. The minimum atomic E-state index is -0.432. The maximum absolute atomic E-state index is 13.0. The highest BCUT2D eigenvalue weighted by molar-refractivity contribution is 7.03. The third-order valence-electron chi connectivity index (χ3n) is 1.80. The van der Waals surface area contributed by atoms with Crippen LogP contribution >= 0.6 is 23.1 Å². The maximum Gasteiger partial charge on any atom is 0.143 e. The predicted molar refractivity (Wildman–Crippen MR) is 58.6 cm³/mol. The Hall–Kier alpha value is -1.20. The van der Waals surface area contributed by atoms with Crippen LogP contribution in [-0.2, 0) is 6.54 Å². The summed E-state index contributed by atoms with van der Waals surface area (Å²) in [6, 6.07) is 4.58. The van der Waals surface area contributed by atoms with Crippen molar-refractivity contribution in [3.63, 3.8) is 0 Å². The van der Waals surface area contributed by atoms with Crippen molar-refractivity contribution in [2.75, 3.05) is 5.32 Å². The number of anilines is 1. The Bertz CT molecular complexity index is 447. The lowest BCUT2D eigenvalue weighted by molar-refractivity contribution is 0.628. The monoisotopic (exact) mass is 243 g/mol. The number of nitrogens with one attached hydrogen (secondary N) is 1. The second kappa shape index (κ2) is 4.55. The summed E-state index contributed by atoms with van der Waals surface area (Å²) < 4.78 is 16.8. The molecule has 78 valence electrons. The Kier molecular flexibility index (Phi) is 3.13. The lowest BCUT2D eigenvalue weighted by Crippen LogP contribution is -2.00. The fraction of sp³-hybridized carbons (Fsp3) is 0.111. The molecule has 6 heteroatoms. The summed E-state index contributed by atoms with van der Waals surface area (Å²) in [7, 11) is 0. The molecule has 0 aliphatic heterocycles. The molecule has 0 radical (unpaired) electrons. The van der Waals surface area contributed by atoms with E-state index in [2.05, 4.69) is 14.9 Å². The zero-order chi connectivity index (χ0) is 10.7. The smallest absolute Gasteiger partial charge is 0.143 e. The molecule has 0 saturated heterocycles. The van der Waals surface area contributed by atoms with E-state index in [9.17, 15) is 4.39 Å². The summed E-state index contributed by atoms with van der Waals surface area (Å²) >= 11 is 6.84. The van der Waals surface area contributed by atoms with Gasteiger partial charge in [-0.05, 0) is 29.7 Å². The first-order valence-electron chi connectivity index (χ1n) is 4.20. The second-order valence-electron chi connectivity index (χ2n) is 2.88. The van der Waals surface area contributed by atoms with Crippen LogP contribution in [0.3, 0.4) is 0 Å². The average Bonchev–Trinajstić information content (AvgIpc) is 2.73. The largest absolute Gasteiger partial charge is 0.379 e. The first-order chi connectivity index (χ1) is 7.25. The summed E-state index contributed by atoms with van der Waals surface area (Å²) in [5.41, 5.74) is 1.50. The molecule has 1 aromatic heterocycles. The summed E-state index contributed by atoms with van der Waals surface area (Å²) in [4.78, 5) is 0. The maximum atomic E-state index is 13.0. The van der Waals surface area contributed by atoms with Gasteiger partial charge in [0.1, 0.15) is 5.82 Å². The van der Waals surface area contributed by atoms with Crippen molar-refractivity contribution in [2.45, 2.75) is 6.54 Å². The molecule has 1 aromatic carbocycles. The van der Waals surface area contributed by atoms with Crippen LogP contribution in [-0.4, -0.2) is 9.59 Å². The molecular formula is C9H7ClFN3S. The highest BCUT2D eigenvalue weighted by Gasteiger charge is 2.01. The lowest BCUT2D eigenvalue weighted by Gasteiger charge is -2.04. The Morgan fingerprint density at radius 1 is 1.47 bits per heavy atom. The summed E-state index contributed by atoms with van der Waals surface area (Å²) in [5.74, 6) is -0.432. The summed E-state index contributed by atoms with van der Waals surface area (Å²) in [6.07, 6.45) is 0. The SMILES string of the molecule is Fc1cc(NCc2csnn2)ccc1Cl. The third-order valence-corrected chi connectivity index (χ3v) is 2.66. The molecule has 0 bridgehead atoms. The van der Waals surface area contributed by atoms with Crippen LogP contribution in [0.15, 0.2) is 23.6 Å². The minimum absolute atomic E-state index is 0.121. The molecule has 0 unspecified atom stereocenters. The fourth-order valence-electron chi connectivity index (χ4n) is 1.06. The van der Waals surface area contributed by atoms with Gasteiger partial charge in [-0.15, -0.1) is 5.10 Å². The second-order valence-corrected chi connectivity index (χ2v) is 3.90. The van der Waals surface area contributed by atoms with E-state index in [-0.39, 0.29) is 5.02 Å². The molecule has 0 amide bonds.